The number of likely N-dealkylation sites (N-methyl/N-ethyl adjacent to an activating group) is 1. The number of hydrogen-bond acceptors (Lipinski definition) is 3. The monoisotopic (exact) mass is 325 g/mol. The van der Waals surface area contributed by atoms with Crippen LogP contribution in [0.2, 0.25) is 5.02 Å². The van der Waals surface area contributed by atoms with E-state index in [4.69, 9.17) is 27.9 Å². The summed E-state index contributed by atoms with van der Waals surface area (Å²) in [5.74, 6) is 0.219. The number of rotatable bonds is 6. The molecular formula is C12H17Cl2NO3S. The third-order valence-electron chi connectivity index (χ3n) is 2.87. The lowest BCUT2D eigenvalue weighted by Gasteiger charge is -2.19. The zero-order valence-electron chi connectivity index (χ0n) is 11.1. The first-order valence-electron chi connectivity index (χ1n) is 5.64. The third kappa shape index (κ3) is 3.83. The molecule has 0 bridgehead atoms. The van der Waals surface area contributed by atoms with Crippen LogP contribution in [0.1, 0.15) is 11.1 Å². The molecule has 0 aromatic heterocycles. The number of ether oxygens (including phenoxy) is 1. The smallest absolute Gasteiger partial charge is 0.243 e. The Labute approximate surface area is 124 Å². The number of halogens is 2. The zero-order valence-corrected chi connectivity index (χ0v) is 13.4. The fourth-order valence-electron chi connectivity index (χ4n) is 1.62. The molecule has 0 radical (unpaired) electrons. The topological polar surface area (TPSA) is 46.6 Å². The second kappa shape index (κ2) is 6.90. The first-order valence-corrected chi connectivity index (χ1v) is 8.00. The Morgan fingerprint density at radius 2 is 2.00 bits per heavy atom. The van der Waals surface area contributed by atoms with Gasteiger partial charge < -0.3 is 4.74 Å². The van der Waals surface area contributed by atoms with E-state index < -0.39 is 10.0 Å². The van der Waals surface area contributed by atoms with E-state index in [9.17, 15) is 8.42 Å². The largest absolute Gasteiger partial charge is 0.383 e. The molecule has 0 saturated carbocycles. The van der Waals surface area contributed by atoms with Crippen LogP contribution in [0.3, 0.4) is 0 Å². The second-order valence-electron chi connectivity index (χ2n) is 4.14. The van der Waals surface area contributed by atoms with Crippen molar-refractivity contribution < 1.29 is 13.2 Å². The molecule has 0 saturated heterocycles. The summed E-state index contributed by atoms with van der Waals surface area (Å²) in [4.78, 5) is 0.189. The number of sulfonamides is 1. The molecule has 0 spiro atoms. The fourth-order valence-corrected chi connectivity index (χ4v) is 3.65. The van der Waals surface area contributed by atoms with Crippen molar-refractivity contribution >= 4 is 33.2 Å². The first kappa shape index (κ1) is 16.7. The van der Waals surface area contributed by atoms with E-state index in [2.05, 4.69) is 0 Å². The summed E-state index contributed by atoms with van der Waals surface area (Å²) >= 11 is 11.8. The van der Waals surface area contributed by atoms with Gasteiger partial charge in [0, 0.05) is 31.6 Å². The van der Waals surface area contributed by atoms with Crippen LogP contribution < -0.4 is 0 Å². The van der Waals surface area contributed by atoms with Crippen LogP contribution in [0.5, 0.6) is 0 Å². The zero-order chi connectivity index (χ0) is 14.6. The van der Waals surface area contributed by atoms with Crippen LogP contribution in [0.4, 0.5) is 0 Å². The van der Waals surface area contributed by atoms with Gasteiger partial charge in [0.05, 0.1) is 11.5 Å². The van der Waals surface area contributed by atoms with Crippen LogP contribution in [0.25, 0.3) is 0 Å². The van der Waals surface area contributed by atoms with E-state index in [1.54, 1.807) is 13.0 Å². The summed E-state index contributed by atoms with van der Waals surface area (Å²) in [6, 6.07) is 3.13. The van der Waals surface area contributed by atoms with Crippen LogP contribution in [-0.2, 0) is 20.6 Å². The highest BCUT2D eigenvalue weighted by Gasteiger charge is 2.24. The van der Waals surface area contributed by atoms with Crippen LogP contribution in [0, 0.1) is 6.92 Å². The van der Waals surface area contributed by atoms with Crippen molar-refractivity contribution in [2.75, 3.05) is 27.3 Å². The van der Waals surface area contributed by atoms with E-state index in [0.717, 1.165) is 0 Å². The Bertz CT molecular complexity index is 546. The highest BCUT2D eigenvalue weighted by atomic mass is 35.5. The number of methoxy groups -OCH3 is 1. The SMILES string of the molecule is COCCN(C)S(=O)(=O)c1cc(Cl)cc(CCl)c1C. The molecule has 1 aromatic rings. The lowest BCUT2D eigenvalue weighted by atomic mass is 10.1. The van der Waals surface area contributed by atoms with Crippen molar-refractivity contribution in [1.82, 2.24) is 4.31 Å². The van der Waals surface area contributed by atoms with Gasteiger partial charge in [-0.25, -0.2) is 8.42 Å². The van der Waals surface area contributed by atoms with E-state index in [-0.39, 0.29) is 17.3 Å². The van der Waals surface area contributed by atoms with Crippen molar-refractivity contribution in [2.24, 2.45) is 0 Å². The van der Waals surface area contributed by atoms with E-state index in [0.29, 0.717) is 22.8 Å². The molecule has 1 aromatic carbocycles. The molecule has 7 heteroatoms. The van der Waals surface area contributed by atoms with Crippen LogP contribution in [-0.4, -0.2) is 40.0 Å². The Kier molecular flexibility index (Phi) is 6.08. The van der Waals surface area contributed by atoms with Gasteiger partial charge in [0.25, 0.3) is 0 Å². The average molecular weight is 326 g/mol. The van der Waals surface area contributed by atoms with Gasteiger partial charge in [-0.05, 0) is 30.2 Å². The fraction of sp³-hybridized carbons (Fsp3) is 0.500. The normalized spacial score (nSPS) is 12.1. The highest BCUT2D eigenvalue weighted by Crippen LogP contribution is 2.27. The molecule has 0 aliphatic heterocycles. The Balaban J connectivity index is 3.25. The van der Waals surface area contributed by atoms with Crippen LogP contribution in [0.15, 0.2) is 17.0 Å². The molecule has 0 unspecified atom stereocenters. The quantitative estimate of drug-likeness (QED) is 0.755. The molecular weight excluding hydrogens is 309 g/mol. The van der Waals surface area contributed by atoms with Crippen molar-refractivity contribution in [1.29, 1.82) is 0 Å². The van der Waals surface area contributed by atoms with Gasteiger partial charge in [-0.15, -0.1) is 11.6 Å². The molecule has 0 aliphatic rings. The maximum atomic E-state index is 12.4. The molecule has 4 nitrogen and oxygen atoms in total. The Morgan fingerprint density at radius 1 is 1.37 bits per heavy atom. The second-order valence-corrected chi connectivity index (χ2v) is 6.86. The maximum absolute atomic E-state index is 12.4. The lowest BCUT2D eigenvalue weighted by Crippen LogP contribution is -2.30. The number of nitrogens with zero attached hydrogens (tertiary/aromatic N) is 1. The summed E-state index contributed by atoms with van der Waals surface area (Å²) < 4.78 is 31.0. The summed E-state index contributed by atoms with van der Waals surface area (Å²) in [6.45, 7) is 2.34. The van der Waals surface area contributed by atoms with Gasteiger partial charge in [0.1, 0.15) is 0 Å². The van der Waals surface area contributed by atoms with E-state index >= 15 is 0 Å². The van der Waals surface area contributed by atoms with Gasteiger partial charge in [-0.3, -0.25) is 0 Å². The summed E-state index contributed by atoms with van der Waals surface area (Å²) in [6.07, 6.45) is 0. The van der Waals surface area contributed by atoms with E-state index in [1.807, 2.05) is 0 Å². The minimum absolute atomic E-state index is 0.189. The number of hydrogen-bond donors (Lipinski definition) is 0. The molecule has 0 N–H and O–H groups in total. The number of alkyl halides is 1. The molecule has 0 amide bonds. The highest BCUT2D eigenvalue weighted by molar-refractivity contribution is 7.89. The minimum Gasteiger partial charge on any atom is -0.383 e. The molecule has 0 atom stereocenters. The summed E-state index contributed by atoms with van der Waals surface area (Å²) in [5, 5.41) is 0.361. The Morgan fingerprint density at radius 3 is 2.53 bits per heavy atom. The van der Waals surface area contributed by atoms with Crippen molar-refractivity contribution in [3.8, 4) is 0 Å². The molecule has 1 rings (SSSR count). The minimum atomic E-state index is -3.59. The predicted molar refractivity (Wildman–Crippen MR) is 77.4 cm³/mol. The van der Waals surface area contributed by atoms with Gasteiger partial charge >= 0.3 is 0 Å². The third-order valence-corrected chi connectivity index (χ3v) is 5.36. The molecule has 108 valence electrons. The van der Waals surface area contributed by atoms with Crippen molar-refractivity contribution in [2.45, 2.75) is 17.7 Å². The van der Waals surface area contributed by atoms with Crippen molar-refractivity contribution in [3.05, 3.63) is 28.3 Å². The Hall–Kier alpha value is -0.330. The average Bonchev–Trinajstić information content (AvgIpc) is 2.37. The number of benzene rings is 1. The molecule has 0 aliphatic carbocycles. The van der Waals surface area contributed by atoms with Gasteiger partial charge in [0.15, 0.2) is 0 Å². The first-order chi connectivity index (χ1) is 8.84. The van der Waals surface area contributed by atoms with Gasteiger partial charge in [-0.1, -0.05) is 11.6 Å². The summed E-state index contributed by atoms with van der Waals surface area (Å²) in [5.41, 5.74) is 1.34. The van der Waals surface area contributed by atoms with Gasteiger partial charge in [-0.2, -0.15) is 4.31 Å². The van der Waals surface area contributed by atoms with Crippen molar-refractivity contribution in [3.63, 3.8) is 0 Å². The summed E-state index contributed by atoms with van der Waals surface area (Å²) in [7, 11) is -0.553. The molecule has 0 heterocycles. The van der Waals surface area contributed by atoms with Gasteiger partial charge in [0.2, 0.25) is 10.0 Å². The van der Waals surface area contributed by atoms with Crippen LogP contribution >= 0.6 is 23.2 Å². The lowest BCUT2D eigenvalue weighted by molar-refractivity contribution is 0.185. The van der Waals surface area contributed by atoms with E-state index in [1.165, 1.54) is 24.5 Å². The standard InChI is InChI=1S/C12H17Cl2NO3S/c1-9-10(8-13)6-11(14)7-12(9)19(16,17)15(2)4-5-18-3/h6-7H,4-5,8H2,1-3H3. The maximum Gasteiger partial charge on any atom is 0.243 e. The molecule has 19 heavy (non-hydrogen) atoms. The predicted octanol–water partition coefficient (Wildman–Crippen LogP) is 2.65. The molecule has 0 fully saturated rings.